The monoisotopic (exact) mass is 233 g/mol. The highest BCUT2D eigenvalue weighted by atomic mass is 16.5. The number of piperidine rings is 1. The molecule has 0 bridgehead atoms. The fourth-order valence-electron chi connectivity index (χ4n) is 2.37. The van der Waals surface area contributed by atoms with E-state index in [0.29, 0.717) is 12.5 Å². The van der Waals surface area contributed by atoms with Crippen molar-refractivity contribution < 1.29 is 9.53 Å². The summed E-state index contributed by atoms with van der Waals surface area (Å²) in [7, 11) is 0. The van der Waals surface area contributed by atoms with Crippen LogP contribution in [0, 0.1) is 0 Å². The van der Waals surface area contributed by atoms with Crippen LogP contribution in [0.5, 0.6) is 0 Å². The third-order valence-corrected chi connectivity index (χ3v) is 3.25. The van der Waals surface area contributed by atoms with E-state index in [-0.39, 0.29) is 12.0 Å². The van der Waals surface area contributed by atoms with Crippen molar-refractivity contribution in [3.63, 3.8) is 0 Å². The third kappa shape index (κ3) is 3.07. The smallest absolute Gasteiger partial charge is 0.323 e. The van der Waals surface area contributed by atoms with Crippen LogP contribution in [-0.2, 0) is 9.53 Å². The van der Waals surface area contributed by atoms with Crippen LogP contribution < -0.4 is 5.32 Å². The number of ether oxygens (including phenoxy) is 1. The molecule has 1 aromatic carbocycles. The maximum Gasteiger partial charge on any atom is 0.323 e. The van der Waals surface area contributed by atoms with Crippen LogP contribution in [0.2, 0.25) is 0 Å². The molecule has 0 amide bonds. The molecule has 1 aliphatic rings. The number of rotatable bonds is 3. The summed E-state index contributed by atoms with van der Waals surface area (Å²) in [6, 6.07) is 10.3. The fraction of sp³-hybridized carbons (Fsp3) is 0.500. The molecule has 3 heteroatoms. The summed E-state index contributed by atoms with van der Waals surface area (Å²) in [6.45, 7) is 3.17. The highest BCUT2D eigenvalue weighted by Gasteiger charge is 2.28. The maximum absolute atomic E-state index is 11.7. The molecule has 92 valence electrons. The van der Waals surface area contributed by atoms with Crippen molar-refractivity contribution >= 4 is 5.97 Å². The predicted molar refractivity (Wildman–Crippen MR) is 66.8 cm³/mol. The Balaban J connectivity index is 2.00. The molecular weight excluding hydrogens is 214 g/mol. The van der Waals surface area contributed by atoms with Crippen LogP contribution in [0.25, 0.3) is 0 Å². The molecular formula is C14H19NO2. The standard InChI is InChI=1S/C14H19NO2/c1-2-17-14(16)13-10-12(8-9-15-13)11-6-4-3-5-7-11/h3-7,12-13,15H,2,8-10H2,1H3/t12-,13+/m1/s1. The SMILES string of the molecule is CCOC(=O)[C@@H]1C[C@H](c2ccccc2)CCN1. The summed E-state index contributed by atoms with van der Waals surface area (Å²) in [4.78, 5) is 11.7. The highest BCUT2D eigenvalue weighted by Crippen LogP contribution is 2.27. The van der Waals surface area contributed by atoms with Crippen molar-refractivity contribution in [2.24, 2.45) is 0 Å². The van der Waals surface area contributed by atoms with Crippen molar-refractivity contribution in [2.45, 2.75) is 31.7 Å². The Morgan fingerprint density at radius 1 is 1.41 bits per heavy atom. The van der Waals surface area contributed by atoms with Crippen LogP contribution in [0.3, 0.4) is 0 Å². The van der Waals surface area contributed by atoms with Crippen molar-refractivity contribution in [3.05, 3.63) is 35.9 Å². The summed E-state index contributed by atoms with van der Waals surface area (Å²) in [5, 5.41) is 3.23. The lowest BCUT2D eigenvalue weighted by atomic mass is 9.86. The average Bonchev–Trinajstić information content (AvgIpc) is 2.40. The van der Waals surface area contributed by atoms with E-state index in [9.17, 15) is 4.79 Å². The maximum atomic E-state index is 11.7. The van der Waals surface area contributed by atoms with E-state index < -0.39 is 0 Å². The summed E-state index contributed by atoms with van der Waals surface area (Å²) in [6.07, 6.45) is 1.92. The van der Waals surface area contributed by atoms with E-state index in [2.05, 4.69) is 29.6 Å². The average molecular weight is 233 g/mol. The minimum Gasteiger partial charge on any atom is -0.465 e. The van der Waals surface area contributed by atoms with Gasteiger partial charge in [-0.3, -0.25) is 4.79 Å². The molecule has 1 aromatic rings. The highest BCUT2D eigenvalue weighted by molar-refractivity contribution is 5.76. The van der Waals surface area contributed by atoms with E-state index in [1.54, 1.807) is 0 Å². The van der Waals surface area contributed by atoms with E-state index in [4.69, 9.17) is 4.74 Å². The quantitative estimate of drug-likeness (QED) is 0.812. The Kier molecular flexibility index (Phi) is 4.15. The van der Waals surface area contributed by atoms with Gasteiger partial charge in [0.1, 0.15) is 6.04 Å². The predicted octanol–water partition coefficient (Wildman–Crippen LogP) is 2.09. The first kappa shape index (κ1) is 12.1. The van der Waals surface area contributed by atoms with Gasteiger partial charge in [0.25, 0.3) is 0 Å². The molecule has 0 radical (unpaired) electrons. The molecule has 0 aliphatic carbocycles. The Hall–Kier alpha value is -1.35. The lowest BCUT2D eigenvalue weighted by Crippen LogP contribution is -2.43. The Morgan fingerprint density at radius 3 is 2.88 bits per heavy atom. The van der Waals surface area contributed by atoms with Crippen molar-refractivity contribution in [1.29, 1.82) is 0 Å². The van der Waals surface area contributed by atoms with Gasteiger partial charge in [0.15, 0.2) is 0 Å². The zero-order valence-electron chi connectivity index (χ0n) is 10.2. The lowest BCUT2D eigenvalue weighted by Gasteiger charge is -2.29. The van der Waals surface area contributed by atoms with Gasteiger partial charge in [0, 0.05) is 0 Å². The minimum atomic E-state index is -0.145. The number of hydrogen-bond acceptors (Lipinski definition) is 3. The Labute approximate surface area is 102 Å². The van der Waals surface area contributed by atoms with Crippen LogP contribution in [0.15, 0.2) is 30.3 Å². The van der Waals surface area contributed by atoms with Gasteiger partial charge < -0.3 is 10.1 Å². The second kappa shape index (κ2) is 5.82. The van der Waals surface area contributed by atoms with Crippen molar-refractivity contribution in [2.75, 3.05) is 13.2 Å². The third-order valence-electron chi connectivity index (χ3n) is 3.25. The first-order chi connectivity index (χ1) is 8.31. The molecule has 0 saturated carbocycles. The molecule has 1 fully saturated rings. The first-order valence-corrected chi connectivity index (χ1v) is 6.26. The topological polar surface area (TPSA) is 38.3 Å². The summed E-state index contributed by atoms with van der Waals surface area (Å²) in [5.74, 6) is 0.347. The van der Waals surface area contributed by atoms with Gasteiger partial charge in [0.05, 0.1) is 6.61 Å². The van der Waals surface area contributed by atoms with Gasteiger partial charge in [-0.15, -0.1) is 0 Å². The second-order valence-corrected chi connectivity index (χ2v) is 4.39. The summed E-state index contributed by atoms with van der Waals surface area (Å²) < 4.78 is 5.06. The number of nitrogens with one attached hydrogen (secondary N) is 1. The van der Waals surface area contributed by atoms with Crippen molar-refractivity contribution in [1.82, 2.24) is 5.32 Å². The molecule has 0 spiro atoms. The van der Waals surface area contributed by atoms with Gasteiger partial charge >= 0.3 is 5.97 Å². The molecule has 1 heterocycles. The number of esters is 1. The molecule has 0 aromatic heterocycles. The zero-order valence-corrected chi connectivity index (χ0v) is 10.2. The number of carbonyl (C=O) groups is 1. The van der Waals surface area contributed by atoms with Gasteiger partial charge in [0.2, 0.25) is 0 Å². The lowest BCUT2D eigenvalue weighted by molar-refractivity contribution is -0.146. The van der Waals surface area contributed by atoms with Gasteiger partial charge in [-0.2, -0.15) is 0 Å². The largest absolute Gasteiger partial charge is 0.465 e. The number of hydrogen-bond donors (Lipinski definition) is 1. The molecule has 1 aliphatic heterocycles. The van der Waals surface area contributed by atoms with Gasteiger partial charge in [-0.1, -0.05) is 30.3 Å². The minimum absolute atomic E-state index is 0.117. The molecule has 0 unspecified atom stereocenters. The van der Waals surface area contributed by atoms with E-state index in [1.807, 2.05) is 13.0 Å². The van der Waals surface area contributed by atoms with Crippen LogP contribution >= 0.6 is 0 Å². The normalized spacial score (nSPS) is 24.3. The van der Waals surface area contributed by atoms with Crippen LogP contribution in [0.1, 0.15) is 31.2 Å². The van der Waals surface area contributed by atoms with Crippen LogP contribution in [0.4, 0.5) is 0 Å². The second-order valence-electron chi connectivity index (χ2n) is 4.39. The number of carbonyl (C=O) groups excluding carboxylic acids is 1. The first-order valence-electron chi connectivity index (χ1n) is 6.26. The van der Waals surface area contributed by atoms with E-state index in [1.165, 1.54) is 5.56 Å². The van der Waals surface area contributed by atoms with Gasteiger partial charge in [-0.05, 0) is 37.8 Å². The summed E-state index contributed by atoms with van der Waals surface area (Å²) >= 11 is 0. The van der Waals surface area contributed by atoms with Crippen LogP contribution in [-0.4, -0.2) is 25.2 Å². The Bertz CT molecular complexity index is 364. The Morgan fingerprint density at radius 2 is 2.18 bits per heavy atom. The molecule has 17 heavy (non-hydrogen) atoms. The fourth-order valence-corrected chi connectivity index (χ4v) is 2.37. The molecule has 3 nitrogen and oxygen atoms in total. The molecule has 1 saturated heterocycles. The van der Waals surface area contributed by atoms with E-state index >= 15 is 0 Å². The molecule has 2 rings (SSSR count). The van der Waals surface area contributed by atoms with Gasteiger partial charge in [-0.25, -0.2) is 0 Å². The summed E-state index contributed by atoms with van der Waals surface area (Å²) in [5.41, 5.74) is 1.32. The molecule has 1 N–H and O–H groups in total. The van der Waals surface area contributed by atoms with E-state index in [0.717, 1.165) is 19.4 Å². The zero-order chi connectivity index (χ0) is 12.1. The van der Waals surface area contributed by atoms with Crippen molar-refractivity contribution in [3.8, 4) is 0 Å². The molecule has 2 atom stereocenters. The number of benzene rings is 1.